The second kappa shape index (κ2) is 14.5. The van der Waals surface area contributed by atoms with Gasteiger partial charge in [-0.25, -0.2) is 0 Å². The van der Waals surface area contributed by atoms with E-state index in [9.17, 15) is 18.0 Å². The summed E-state index contributed by atoms with van der Waals surface area (Å²) in [5, 5.41) is 9.61. The van der Waals surface area contributed by atoms with Crippen LogP contribution in [0.4, 0.5) is 30.8 Å². The van der Waals surface area contributed by atoms with Crippen LogP contribution in [-0.2, 0) is 11.3 Å². The van der Waals surface area contributed by atoms with Gasteiger partial charge in [-0.1, -0.05) is 28.1 Å². The Bertz CT molecular complexity index is 1310. The molecule has 2 aromatic carbocycles. The number of amides is 1. The van der Waals surface area contributed by atoms with Crippen LogP contribution in [0.1, 0.15) is 22.3 Å². The minimum absolute atomic E-state index is 0.00660. The van der Waals surface area contributed by atoms with Gasteiger partial charge in [0.2, 0.25) is 11.9 Å². The third-order valence-electron chi connectivity index (χ3n) is 6.18. The van der Waals surface area contributed by atoms with Crippen LogP contribution in [-0.4, -0.2) is 71.9 Å². The summed E-state index contributed by atoms with van der Waals surface area (Å²) in [6, 6.07) is 13.3. The summed E-state index contributed by atoms with van der Waals surface area (Å²) in [5.41, 5.74) is 7.33. The molecule has 11 nitrogen and oxygen atoms in total. The van der Waals surface area contributed by atoms with E-state index in [1.807, 2.05) is 24.3 Å². The van der Waals surface area contributed by atoms with Gasteiger partial charge in [-0.15, -0.1) is 0 Å². The summed E-state index contributed by atoms with van der Waals surface area (Å²) >= 11 is 3.35. The number of carbonyl (C=O) groups excluding carboxylic acids is 1. The molecule has 0 atom stereocenters. The molecule has 0 saturated carbocycles. The molecule has 1 aromatic heterocycles. The zero-order chi connectivity index (χ0) is 30.0. The van der Waals surface area contributed by atoms with Crippen molar-refractivity contribution in [1.82, 2.24) is 20.3 Å². The molecule has 5 N–H and O–H groups in total. The Labute approximate surface area is 248 Å². The van der Waals surface area contributed by atoms with Gasteiger partial charge < -0.3 is 35.9 Å². The summed E-state index contributed by atoms with van der Waals surface area (Å²) in [6.45, 7) is 1.13. The predicted octanol–water partition coefficient (Wildman–Crippen LogP) is 4.04. The van der Waals surface area contributed by atoms with Gasteiger partial charge >= 0.3 is 12.2 Å². The number of alkyl halides is 4. The molecule has 42 heavy (non-hydrogen) atoms. The summed E-state index contributed by atoms with van der Waals surface area (Å²) in [6.07, 6.45) is -3.69. The molecule has 0 unspecified atom stereocenters. The van der Waals surface area contributed by atoms with Gasteiger partial charge in [0.05, 0.1) is 19.8 Å². The first-order valence-electron chi connectivity index (χ1n) is 13.1. The monoisotopic (exact) mass is 653 g/mol. The van der Waals surface area contributed by atoms with E-state index in [4.69, 9.17) is 19.9 Å². The zero-order valence-corrected chi connectivity index (χ0v) is 24.1. The first-order valence-corrected chi connectivity index (χ1v) is 14.2. The molecule has 1 saturated heterocycles. The summed E-state index contributed by atoms with van der Waals surface area (Å²) in [5.74, 6) is 0.416. The number of carbonyl (C=O) groups is 1. The average Bonchev–Trinajstić information content (AvgIpc) is 2.95. The van der Waals surface area contributed by atoms with Crippen molar-refractivity contribution in [2.45, 2.75) is 19.1 Å². The van der Waals surface area contributed by atoms with Crippen molar-refractivity contribution < 1.29 is 32.2 Å². The topological polar surface area (TPSA) is 146 Å². The normalized spacial score (nSPS) is 14.0. The smallest absolute Gasteiger partial charge is 0.422 e. The Kier molecular flexibility index (Phi) is 10.8. The molecule has 1 aliphatic rings. The van der Waals surface area contributed by atoms with E-state index in [1.54, 1.807) is 24.3 Å². The van der Waals surface area contributed by atoms with Crippen molar-refractivity contribution in [2.24, 2.45) is 11.1 Å². The number of halogens is 4. The molecular weight excluding hydrogens is 623 g/mol. The molecule has 0 spiro atoms. The Hall–Kier alpha value is -3.69. The van der Waals surface area contributed by atoms with Crippen molar-refractivity contribution in [3.05, 3.63) is 59.7 Å². The first-order chi connectivity index (χ1) is 20.2. The molecule has 15 heteroatoms. The maximum Gasteiger partial charge on any atom is 0.422 e. The predicted molar refractivity (Wildman–Crippen MR) is 153 cm³/mol. The number of hydrogen-bond donors (Lipinski definition) is 4. The second-order valence-corrected chi connectivity index (χ2v) is 10.4. The van der Waals surface area contributed by atoms with Gasteiger partial charge in [-0.05, 0) is 48.4 Å². The van der Waals surface area contributed by atoms with Gasteiger partial charge in [-0.2, -0.15) is 28.1 Å². The van der Waals surface area contributed by atoms with Gasteiger partial charge in [0, 0.05) is 41.6 Å². The van der Waals surface area contributed by atoms with Gasteiger partial charge in [0.1, 0.15) is 5.75 Å². The van der Waals surface area contributed by atoms with Crippen molar-refractivity contribution in [2.75, 3.05) is 55.5 Å². The Morgan fingerprint density at radius 2 is 1.74 bits per heavy atom. The van der Waals surface area contributed by atoms with Crippen molar-refractivity contribution >= 4 is 39.4 Å². The molecule has 0 bridgehead atoms. The fourth-order valence-electron chi connectivity index (χ4n) is 3.72. The molecule has 1 amide bonds. The molecule has 4 rings (SSSR count). The molecule has 1 aliphatic heterocycles. The number of benzene rings is 2. The van der Waals surface area contributed by atoms with Crippen LogP contribution in [0.25, 0.3) is 0 Å². The summed E-state index contributed by atoms with van der Waals surface area (Å²) in [7, 11) is 0. The highest BCUT2D eigenvalue weighted by Crippen LogP contribution is 2.25. The minimum Gasteiger partial charge on any atom is -0.494 e. The quantitative estimate of drug-likeness (QED) is 0.140. The molecule has 1 fully saturated rings. The van der Waals surface area contributed by atoms with Crippen molar-refractivity contribution in [3.8, 4) is 11.8 Å². The zero-order valence-electron chi connectivity index (χ0n) is 22.5. The lowest BCUT2D eigenvalue weighted by Gasteiger charge is -2.40. The van der Waals surface area contributed by atoms with Crippen LogP contribution in [0.3, 0.4) is 0 Å². The van der Waals surface area contributed by atoms with Crippen LogP contribution in [0, 0.1) is 5.41 Å². The van der Waals surface area contributed by atoms with Crippen LogP contribution in [0.15, 0.2) is 48.5 Å². The summed E-state index contributed by atoms with van der Waals surface area (Å²) in [4.78, 5) is 24.7. The SMILES string of the molecule is NCC1(CNC(=O)c2ccc(Nc3nc(NCc4ccc(OCCCBr)cc4)nc(OCC(F)(F)F)n3)cc2)COC1. The van der Waals surface area contributed by atoms with Gasteiger partial charge in [-0.3, -0.25) is 4.79 Å². The van der Waals surface area contributed by atoms with Crippen LogP contribution in [0.5, 0.6) is 11.8 Å². The average molecular weight is 654 g/mol. The highest BCUT2D eigenvalue weighted by Gasteiger charge is 2.37. The molecular formula is C27H31BrF3N7O4. The van der Waals surface area contributed by atoms with Gasteiger partial charge in [0.15, 0.2) is 6.61 Å². The third-order valence-corrected chi connectivity index (χ3v) is 6.74. The number of nitrogens with one attached hydrogen (secondary N) is 3. The number of aromatic nitrogens is 3. The molecule has 3 aromatic rings. The largest absolute Gasteiger partial charge is 0.494 e. The lowest BCUT2D eigenvalue weighted by atomic mass is 9.86. The Morgan fingerprint density at radius 3 is 2.36 bits per heavy atom. The standard InChI is InChI=1S/C27H31BrF3N7O4/c28-10-1-11-41-21-8-2-18(3-9-21)12-33-23-36-24(38-25(37-23)42-17-27(29,30)31)35-20-6-4-19(5-7-20)22(39)34-14-26(13-32)15-40-16-26/h2-9H,1,10-17,32H2,(H,34,39)(H2,33,35,36,37,38). The third kappa shape index (κ3) is 9.42. The van der Waals surface area contributed by atoms with Crippen molar-refractivity contribution in [1.29, 1.82) is 0 Å². The number of rotatable bonds is 15. The van der Waals surface area contributed by atoms with E-state index in [2.05, 4.69) is 46.8 Å². The van der Waals surface area contributed by atoms with E-state index in [0.29, 0.717) is 44.2 Å². The second-order valence-electron chi connectivity index (χ2n) is 9.64. The molecule has 2 heterocycles. The first kappa shape index (κ1) is 31.3. The lowest BCUT2D eigenvalue weighted by molar-refractivity contribution is -0.154. The van der Waals surface area contributed by atoms with Gasteiger partial charge in [0.25, 0.3) is 5.91 Å². The lowest BCUT2D eigenvalue weighted by Crippen LogP contribution is -2.55. The highest BCUT2D eigenvalue weighted by molar-refractivity contribution is 9.09. The molecule has 226 valence electrons. The summed E-state index contributed by atoms with van der Waals surface area (Å²) < 4.78 is 53.9. The van der Waals surface area contributed by atoms with E-state index in [0.717, 1.165) is 23.1 Å². The highest BCUT2D eigenvalue weighted by atomic mass is 79.9. The Morgan fingerprint density at radius 1 is 1.02 bits per heavy atom. The van der Waals surface area contributed by atoms with Crippen molar-refractivity contribution in [3.63, 3.8) is 0 Å². The maximum absolute atomic E-state index is 12.8. The van der Waals surface area contributed by atoms with Crippen LogP contribution >= 0.6 is 15.9 Å². The Balaban J connectivity index is 1.40. The van der Waals surface area contributed by atoms with E-state index < -0.39 is 18.8 Å². The maximum atomic E-state index is 12.8. The van der Waals surface area contributed by atoms with E-state index in [-0.39, 0.29) is 29.8 Å². The number of ether oxygens (including phenoxy) is 3. The molecule has 0 radical (unpaired) electrons. The number of nitrogens with zero attached hydrogens (tertiary/aromatic N) is 3. The fourth-order valence-corrected chi connectivity index (χ4v) is 3.95. The minimum atomic E-state index is -4.57. The number of anilines is 3. The molecule has 0 aliphatic carbocycles. The van der Waals surface area contributed by atoms with E-state index in [1.165, 1.54) is 0 Å². The van der Waals surface area contributed by atoms with Crippen LogP contribution < -0.4 is 31.2 Å². The van der Waals surface area contributed by atoms with E-state index >= 15 is 0 Å². The van der Waals surface area contributed by atoms with Crippen LogP contribution in [0.2, 0.25) is 0 Å². The fraction of sp³-hybridized carbons (Fsp3) is 0.407. The number of nitrogens with two attached hydrogens (primary N) is 1. The number of hydrogen-bond acceptors (Lipinski definition) is 10.